The minimum Gasteiger partial charge on any atom is -0.400 e. The highest BCUT2D eigenvalue weighted by Gasteiger charge is 2.23. The van der Waals surface area contributed by atoms with Crippen LogP contribution in [0.25, 0.3) is 10.8 Å². The van der Waals surface area contributed by atoms with E-state index in [2.05, 4.69) is 13.8 Å². The molecule has 0 spiro atoms. The molecular weight excluding hydrogens is 320 g/mol. The molecule has 0 heterocycles. The van der Waals surface area contributed by atoms with Crippen molar-refractivity contribution < 1.29 is 23.8 Å². The van der Waals surface area contributed by atoms with Gasteiger partial charge in [0.1, 0.15) is 0 Å². The fraction of sp³-hybridized carbons (Fsp3) is 0.400. The van der Waals surface area contributed by atoms with E-state index in [1.807, 2.05) is 30.3 Å². The molecule has 5 nitrogen and oxygen atoms in total. The SMILES string of the molecule is COC(OC(=O)c1ccc(C(C)C)c2ccccc12)OC(=O)C(C)C. The number of rotatable bonds is 6. The van der Waals surface area contributed by atoms with E-state index in [1.54, 1.807) is 19.9 Å². The van der Waals surface area contributed by atoms with E-state index in [0.717, 1.165) is 16.3 Å². The van der Waals surface area contributed by atoms with Gasteiger partial charge >= 0.3 is 18.4 Å². The van der Waals surface area contributed by atoms with Gasteiger partial charge in [0, 0.05) is 7.11 Å². The van der Waals surface area contributed by atoms with Gasteiger partial charge in [0.25, 0.3) is 0 Å². The smallest absolute Gasteiger partial charge is 0.365 e. The zero-order valence-electron chi connectivity index (χ0n) is 15.2. The molecule has 0 fully saturated rings. The standard InChI is InChI=1S/C20H24O5/c1-12(2)14-10-11-17(16-9-7-6-8-15(14)16)19(22)25-20(23-5)24-18(21)13(3)4/h6-13,20H,1-5H3. The van der Waals surface area contributed by atoms with Crippen molar-refractivity contribution in [3.63, 3.8) is 0 Å². The maximum Gasteiger partial charge on any atom is 0.365 e. The quantitative estimate of drug-likeness (QED) is 0.579. The first-order chi connectivity index (χ1) is 11.8. The second-order valence-corrected chi connectivity index (χ2v) is 6.42. The molecule has 134 valence electrons. The average molecular weight is 344 g/mol. The minimum absolute atomic E-state index is 0.327. The Morgan fingerprint density at radius 1 is 0.880 bits per heavy atom. The van der Waals surface area contributed by atoms with Crippen LogP contribution in [-0.4, -0.2) is 25.5 Å². The van der Waals surface area contributed by atoms with Crippen molar-refractivity contribution in [2.24, 2.45) is 5.92 Å². The van der Waals surface area contributed by atoms with Crippen molar-refractivity contribution in [3.05, 3.63) is 47.5 Å². The highest BCUT2D eigenvalue weighted by atomic mass is 16.9. The van der Waals surface area contributed by atoms with E-state index in [1.165, 1.54) is 7.11 Å². The second kappa shape index (κ2) is 8.12. The number of benzene rings is 2. The Labute approximate surface area is 147 Å². The maximum atomic E-state index is 12.6. The third-order valence-electron chi connectivity index (χ3n) is 3.88. The molecular formula is C20H24O5. The van der Waals surface area contributed by atoms with Crippen LogP contribution < -0.4 is 0 Å². The van der Waals surface area contributed by atoms with Gasteiger partial charge in [0.05, 0.1) is 11.5 Å². The molecule has 0 aliphatic rings. The van der Waals surface area contributed by atoms with Crippen LogP contribution >= 0.6 is 0 Å². The first kappa shape index (κ1) is 18.9. The Balaban J connectivity index is 2.30. The lowest BCUT2D eigenvalue weighted by molar-refractivity contribution is -0.244. The summed E-state index contributed by atoms with van der Waals surface area (Å²) in [5, 5.41) is 1.80. The molecule has 0 saturated carbocycles. The fourth-order valence-electron chi connectivity index (χ4n) is 2.51. The Morgan fingerprint density at radius 3 is 2.08 bits per heavy atom. The van der Waals surface area contributed by atoms with Crippen molar-refractivity contribution in [2.75, 3.05) is 7.11 Å². The van der Waals surface area contributed by atoms with Gasteiger partial charge in [-0.15, -0.1) is 0 Å². The number of hydrogen-bond acceptors (Lipinski definition) is 5. The van der Waals surface area contributed by atoms with Crippen molar-refractivity contribution in [2.45, 2.75) is 40.1 Å². The van der Waals surface area contributed by atoms with Crippen LogP contribution in [0.1, 0.15) is 49.5 Å². The van der Waals surface area contributed by atoms with E-state index in [0.29, 0.717) is 11.5 Å². The lowest BCUT2D eigenvalue weighted by atomic mass is 9.93. The predicted molar refractivity (Wildman–Crippen MR) is 95.2 cm³/mol. The molecule has 0 saturated heterocycles. The maximum absolute atomic E-state index is 12.6. The predicted octanol–water partition coefficient (Wildman–Crippen LogP) is 4.25. The number of hydrogen-bond donors (Lipinski definition) is 0. The Bertz CT molecular complexity index is 764. The minimum atomic E-state index is -1.37. The number of esters is 2. The van der Waals surface area contributed by atoms with Crippen LogP contribution in [-0.2, 0) is 19.0 Å². The Kier molecular flexibility index (Phi) is 6.15. The molecule has 5 heteroatoms. The molecule has 25 heavy (non-hydrogen) atoms. The highest BCUT2D eigenvalue weighted by molar-refractivity contribution is 6.05. The molecule has 0 aromatic heterocycles. The summed E-state index contributed by atoms with van der Waals surface area (Å²) in [5.41, 5.74) is 1.56. The molecule has 2 aromatic rings. The largest absolute Gasteiger partial charge is 0.400 e. The summed E-state index contributed by atoms with van der Waals surface area (Å²) in [4.78, 5) is 24.2. The van der Waals surface area contributed by atoms with E-state index in [4.69, 9.17) is 14.2 Å². The molecule has 1 atom stereocenters. The highest BCUT2D eigenvalue weighted by Crippen LogP contribution is 2.28. The molecule has 2 aromatic carbocycles. The summed E-state index contributed by atoms with van der Waals surface area (Å²) in [6, 6.07) is 11.3. The number of ether oxygens (including phenoxy) is 3. The summed E-state index contributed by atoms with van der Waals surface area (Å²) in [7, 11) is 1.31. The van der Waals surface area contributed by atoms with E-state index >= 15 is 0 Å². The summed E-state index contributed by atoms with van der Waals surface area (Å²) >= 11 is 0. The van der Waals surface area contributed by atoms with Crippen molar-refractivity contribution in [1.29, 1.82) is 0 Å². The van der Waals surface area contributed by atoms with Crippen molar-refractivity contribution >= 4 is 22.7 Å². The van der Waals surface area contributed by atoms with Gasteiger partial charge in [0.15, 0.2) is 0 Å². The fourth-order valence-corrected chi connectivity index (χ4v) is 2.51. The van der Waals surface area contributed by atoms with Gasteiger partial charge in [-0.05, 0) is 28.3 Å². The number of carbonyl (C=O) groups is 2. The van der Waals surface area contributed by atoms with Crippen molar-refractivity contribution in [3.8, 4) is 0 Å². The molecule has 0 aliphatic carbocycles. The molecule has 0 N–H and O–H groups in total. The van der Waals surface area contributed by atoms with Gasteiger partial charge < -0.3 is 14.2 Å². The summed E-state index contributed by atoms with van der Waals surface area (Å²) in [6.45, 7) is 6.22. The number of methoxy groups -OCH3 is 1. The average Bonchev–Trinajstić information content (AvgIpc) is 2.59. The molecule has 0 bridgehead atoms. The summed E-state index contributed by atoms with van der Waals surface area (Å²) in [6.07, 6.45) is 0. The van der Waals surface area contributed by atoms with Crippen LogP contribution in [0.3, 0.4) is 0 Å². The monoisotopic (exact) mass is 344 g/mol. The van der Waals surface area contributed by atoms with Gasteiger partial charge in [-0.25, -0.2) is 4.79 Å². The normalized spacial score (nSPS) is 12.4. The van der Waals surface area contributed by atoms with Gasteiger partial charge in [0.2, 0.25) is 0 Å². The third-order valence-corrected chi connectivity index (χ3v) is 3.88. The van der Waals surface area contributed by atoms with Crippen molar-refractivity contribution in [1.82, 2.24) is 0 Å². The zero-order chi connectivity index (χ0) is 18.6. The molecule has 0 amide bonds. The topological polar surface area (TPSA) is 61.8 Å². The molecule has 0 aliphatic heterocycles. The second-order valence-electron chi connectivity index (χ2n) is 6.42. The number of fused-ring (bicyclic) bond motifs is 1. The van der Waals surface area contributed by atoms with E-state index in [9.17, 15) is 9.59 Å². The van der Waals surface area contributed by atoms with E-state index < -0.39 is 18.4 Å². The van der Waals surface area contributed by atoms with Crippen LogP contribution in [0, 0.1) is 5.92 Å². The lowest BCUT2D eigenvalue weighted by Gasteiger charge is -2.18. The molecule has 0 radical (unpaired) electrons. The lowest BCUT2D eigenvalue weighted by Crippen LogP contribution is -2.28. The van der Waals surface area contributed by atoms with Crippen LogP contribution in [0.4, 0.5) is 0 Å². The summed E-state index contributed by atoms with van der Waals surface area (Å²) in [5.74, 6) is -1.12. The summed E-state index contributed by atoms with van der Waals surface area (Å²) < 4.78 is 15.2. The van der Waals surface area contributed by atoms with Crippen LogP contribution in [0.15, 0.2) is 36.4 Å². The Morgan fingerprint density at radius 2 is 1.52 bits per heavy atom. The Hall–Kier alpha value is -2.40. The van der Waals surface area contributed by atoms with E-state index in [-0.39, 0.29) is 5.92 Å². The molecule has 2 rings (SSSR count). The van der Waals surface area contributed by atoms with Gasteiger partial charge in [-0.1, -0.05) is 58.0 Å². The first-order valence-electron chi connectivity index (χ1n) is 8.31. The number of carbonyl (C=O) groups excluding carboxylic acids is 2. The van der Waals surface area contributed by atoms with Gasteiger partial charge in [-0.3, -0.25) is 4.79 Å². The van der Waals surface area contributed by atoms with Crippen LogP contribution in [0.2, 0.25) is 0 Å². The third kappa shape index (κ3) is 4.37. The van der Waals surface area contributed by atoms with Crippen LogP contribution in [0.5, 0.6) is 0 Å². The van der Waals surface area contributed by atoms with Gasteiger partial charge in [-0.2, -0.15) is 0 Å². The first-order valence-corrected chi connectivity index (χ1v) is 8.31. The molecule has 1 unspecified atom stereocenters. The zero-order valence-corrected chi connectivity index (χ0v) is 15.2.